The van der Waals surface area contributed by atoms with Gasteiger partial charge >= 0.3 is 5.97 Å². The first-order valence-electron chi connectivity index (χ1n) is 6.94. The zero-order valence-electron chi connectivity index (χ0n) is 11.8. The van der Waals surface area contributed by atoms with Crippen LogP contribution < -0.4 is 5.56 Å². The normalized spacial score (nSPS) is 13.8. The smallest absolute Gasteiger partial charge is 0.338 e. The molecule has 1 N–H and O–H groups in total. The minimum absolute atomic E-state index is 0.0603. The lowest BCUT2D eigenvalue weighted by atomic mass is 9.91. The maximum Gasteiger partial charge on any atom is 0.338 e. The molecule has 0 saturated heterocycles. The molecule has 110 valence electrons. The average molecular weight is 304 g/mol. The van der Waals surface area contributed by atoms with Gasteiger partial charge in [-0.15, -0.1) is 11.3 Å². The number of esters is 1. The molecule has 0 saturated carbocycles. The second kappa shape index (κ2) is 5.81. The Labute approximate surface area is 126 Å². The molecule has 0 radical (unpaired) electrons. The van der Waals surface area contributed by atoms with Gasteiger partial charge in [-0.3, -0.25) is 4.79 Å². The fraction of sp³-hybridized carbons (Fsp3) is 0.400. The van der Waals surface area contributed by atoms with Crippen molar-refractivity contribution in [3.63, 3.8) is 0 Å². The lowest BCUT2D eigenvalue weighted by Gasteiger charge is -2.16. The summed E-state index contributed by atoms with van der Waals surface area (Å²) < 4.78 is 4.71. The Kier molecular flexibility index (Phi) is 3.88. The van der Waals surface area contributed by atoms with Crippen molar-refractivity contribution in [1.82, 2.24) is 10.2 Å². The summed E-state index contributed by atoms with van der Waals surface area (Å²) in [5.74, 6) is -0.325. The maximum absolute atomic E-state index is 11.8. The van der Waals surface area contributed by atoms with Crippen LogP contribution in [0.15, 0.2) is 16.2 Å². The molecule has 5 nitrogen and oxygen atoms in total. The molecule has 2 aromatic rings. The van der Waals surface area contributed by atoms with E-state index in [1.165, 1.54) is 18.4 Å². The van der Waals surface area contributed by atoms with Gasteiger partial charge in [0.2, 0.25) is 0 Å². The van der Waals surface area contributed by atoms with E-state index in [4.69, 9.17) is 4.74 Å². The molecule has 2 aromatic heterocycles. The Bertz CT molecular complexity index is 733. The van der Waals surface area contributed by atoms with E-state index in [-0.39, 0.29) is 11.5 Å². The molecule has 0 unspecified atom stereocenters. The minimum atomic E-state index is -0.325. The predicted molar refractivity (Wildman–Crippen MR) is 80.0 cm³/mol. The van der Waals surface area contributed by atoms with E-state index in [1.54, 1.807) is 5.38 Å². The number of hydrogen-bond acceptors (Lipinski definition) is 5. The van der Waals surface area contributed by atoms with Gasteiger partial charge in [-0.2, -0.15) is 5.10 Å². The lowest BCUT2D eigenvalue weighted by Crippen LogP contribution is -2.22. The first-order valence-corrected chi connectivity index (χ1v) is 7.82. The zero-order valence-corrected chi connectivity index (χ0v) is 12.6. The van der Waals surface area contributed by atoms with E-state index < -0.39 is 0 Å². The van der Waals surface area contributed by atoms with E-state index in [1.807, 2.05) is 6.07 Å². The third-order valence-electron chi connectivity index (χ3n) is 3.80. The zero-order chi connectivity index (χ0) is 14.8. The molecule has 6 heteroatoms. The van der Waals surface area contributed by atoms with E-state index in [9.17, 15) is 9.59 Å². The summed E-state index contributed by atoms with van der Waals surface area (Å²) in [6.07, 6.45) is 4.55. The molecular formula is C15H16N2O3S. The molecule has 2 heterocycles. The van der Waals surface area contributed by atoms with Gasteiger partial charge in [0.25, 0.3) is 5.56 Å². The number of carbonyl (C=O) groups excluding carboxylic acids is 1. The highest BCUT2D eigenvalue weighted by atomic mass is 32.1. The SMILES string of the molecule is COC(=O)c1csc(Cc2n[nH]c(=O)c3c2CCCC3)c1. The number of thiophene rings is 1. The summed E-state index contributed by atoms with van der Waals surface area (Å²) in [7, 11) is 1.37. The molecular weight excluding hydrogens is 288 g/mol. The van der Waals surface area contributed by atoms with Crippen molar-refractivity contribution in [3.05, 3.63) is 49.1 Å². The molecule has 3 rings (SSSR count). The van der Waals surface area contributed by atoms with Crippen molar-refractivity contribution < 1.29 is 9.53 Å². The van der Waals surface area contributed by atoms with Gasteiger partial charge in [0.05, 0.1) is 18.4 Å². The summed E-state index contributed by atoms with van der Waals surface area (Å²) in [6.45, 7) is 0. The van der Waals surface area contributed by atoms with Gasteiger partial charge in [-0.25, -0.2) is 9.89 Å². The van der Waals surface area contributed by atoms with Gasteiger partial charge in [0.1, 0.15) is 0 Å². The van der Waals surface area contributed by atoms with Crippen LogP contribution >= 0.6 is 11.3 Å². The highest BCUT2D eigenvalue weighted by molar-refractivity contribution is 7.10. The fourth-order valence-corrected chi connectivity index (χ4v) is 3.59. The van der Waals surface area contributed by atoms with E-state index in [0.29, 0.717) is 12.0 Å². The van der Waals surface area contributed by atoms with E-state index in [2.05, 4.69) is 10.2 Å². The molecule has 1 aliphatic carbocycles. The number of ether oxygens (including phenoxy) is 1. The number of H-pyrrole nitrogens is 1. The van der Waals surface area contributed by atoms with Gasteiger partial charge in [-0.05, 0) is 37.3 Å². The van der Waals surface area contributed by atoms with E-state index >= 15 is 0 Å². The van der Waals surface area contributed by atoms with Crippen LogP contribution in [0.2, 0.25) is 0 Å². The van der Waals surface area contributed by atoms with Crippen LogP contribution in [-0.2, 0) is 24.0 Å². The van der Waals surface area contributed by atoms with Gasteiger partial charge in [0, 0.05) is 22.2 Å². The Morgan fingerprint density at radius 3 is 2.90 bits per heavy atom. The van der Waals surface area contributed by atoms with Gasteiger partial charge in [0.15, 0.2) is 0 Å². The maximum atomic E-state index is 11.8. The lowest BCUT2D eigenvalue weighted by molar-refractivity contribution is 0.0601. The summed E-state index contributed by atoms with van der Waals surface area (Å²) in [4.78, 5) is 24.3. The number of rotatable bonds is 3. The molecule has 0 bridgehead atoms. The second-order valence-corrected chi connectivity index (χ2v) is 6.13. The second-order valence-electron chi connectivity index (χ2n) is 5.13. The van der Waals surface area contributed by atoms with Crippen LogP contribution in [0.1, 0.15) is 44.9 Å². The van der Waals surface area contributed by atoms with Crippen molar-refractivity contribution in [3.8, 4) is 0 Å². The highest BCUT2D eigenvalue weighted by Crippen LogP contribution is 2.24. The van der Waals surface area contributed by atoms with Gasteiger partial charge < -0.3 is 4.74 Å². The molecule has 1 aliphatic rings. The van der Waals surface area contributed by atoms with Crippen LogP contribution in [0.3, 0.4) is 0 Å². The van der Waals surface area contributed by atoms with Gasteiger partial charge in [-0.1, -0.05) is 0 Å². The van der Waals surface area contributed by atoms with Crippen molar-refractivity contribution in [2.24, 2.45) is 0 Å². The number of aromatic amines is 1. The number of fused-ring (bicyclic) bond motifs is 1. The molecule has 0 amide bonds. The number of nitrogens with zero attached hydrogens (tertiary/aromatic N) is 1. The van der Waals surface area contributed by atoms with Crippen molar-refractivity contribution in [2.45, 2.75) is 32.1 Å². The van der Waals surface area contributed by atoms with Crippen molar-refractivity contribution in [2.75, 3.05) is 7.11 Å². The summed E-state index contributed by atoms with van der Waals surface area (Å²) in [6, 6.07) is 1.83. The number of hydrogen-bond donors (Lipinski definition) is 1. The molecule has 0 spiro atoms. The molecule has 0 fully saturated rings. The first kappa shape index (κ1) is 14.0. The standard InChI is InChI=1S/C15H16N2O3S/c1-20-15(19)9-6-10(21-8-9)7-13-11-4-2-3-5-12(11)14(18)17-16-13/h6,8H,2-5,7H2,1H3,(H,17,18). The predicted octanol–water partition coefficient (Wildman–Crippen LogP) is 2.09. The van der Waals surface area contributed by atoms with Crippen LogP contribution in [-0.4, -0.2) is 23.3 Å². The number of aromatic nitrogens is 2. The summed E-state index contributed by atoms with van der Waals surface area (Å²) in [5.41, 5.74) is 3.40. The third kappa shape index (κ3) is 2.76. The largest absolute Gasteiger partial charge is 0.465 e. The molecule has 0 aliphatic heterocycles. The fourth-order valence-electron chi connectivity index (χ4n) is 2.74. The quantitative estimate of drug-likeness (QED) is 0.881. The highest BCUT2D eigenvalue weighted by Gasteiger charge is 2.18. The Hall–Kier alpha value is -1.95. The van der Waals surface area contributed by atoms with Crippen molar-refractivity contribution in [1.29, 1.82) is 0 Å². The molecule has 0 atom stereocenters. The number of nitrogens with one attached hydrogen (secondary N) is 1. The van der Waals surface area contributed by atoms with Crippen LogP contribution in [0.25, 0.3) is 0 Å². The summed E-state index contributed by atoms with van der Waals surface area (Å²) in [5, 5.41) is 8.60. The topological polar surface area (TPSA) is 72.0 Å². The number of methoxy groups -OCH3 is 1. The van der Waals surface area contributed by atoms with Crippen LogP contribution in [0, 0.1) is 0 Å². The Morgan fingerprint density at radius 2 is 2.14 bits per heavy atom. The molecule has 21 heavy (non-hydrogen) atoms. The number of carbonyl (C=O) groups is 1. The van der Waals surface area contributed by atoms with E-state index in [0.717, 1.165) is 47.4 Å². The van der Waals surface area contributed by atoms with Crippen molar-refractivity contribution >= 4 is 17.3 Å². The molecule has 0 aromatic carbocycles. The average Bonchev–Trinajstić information content (AvgIpc) is 2.98. The minimum Gasteiger partial charge on any atom is -0.465 e. The summed E-state index contributed by atoms with van der Waals surface area (Å²) >= 11 is 1.51. The third-order valence-corrected chi connectivity index (χ3v) is 4.74. The van der Waals surface area contributed by atoms with Crippen LogP contribution in [0.5, 0.6) is 0 Å². The monoisotopic (exact) mass is 304 g/mol. The Balaban J connectivity index is 1.90. The van der Waals surface area contributed by atoms with Crippen LogP contribution in [0.4, 0.5) is 0 Å². The first-order chi connectivity index (χ1) is 10.2. The Morgan fingerprint density at radius 1 is 1.38 bits per heavy atom.